The van der Waals surface area contributed by atoms with Gasteiger partial charge in [0.15, 0.2) is 0 Å². The molecule has 2 aromatic carbocycles. The van der Waals surface area contributed by atoms with E-state index in [1.54, 1.807) is 48.5 Å². The molecule has 0 fully saturated rings. The van der Waals surface area contributed by atoms with Crippen LogP contribution in [0.3, 0.4) is 0 Å². The minimum Gasteiger partial charge on any atom is -0.508 e. The van der Waals surface area contributed by atoms with E-state index < -0.39 is 17.5 Å². The number of hydrogen-bond donors (Lipinski definition) is 2. The van der Waals surface area contributed by atoms with Gasteiger partial charge in [0.05, 0.1) is 12.8 Å². The number of nitrogens with zero attached hydrogens (tertiary/aromatic N) is 5. The normalized spacial score (nSPS) is 12.2. The van der Waals surface area contributed by atoms with Gasteiger partial charge in [0.1, 0.15) is 24.1 Å². The van der Waals surface area contributed by atoms with E-state index in [9.17, 15) is 14.7 Å². The third-order valence-electron chi connectivity index (χ3n) is 5.33. The third kappa shape index (κ3) is 6.73. The first kappa shape index (κ1) is 25.9. The van der Waals surface area contributed by atoms with Gasteiger partial charge in [-0.15, -0.1) is 10.2 Å². The maximum Gasteiger partial charge on any atom is 0.247 e. The highest BCUT2D eigenvalue weighted by atomic mass is 35.5. The molecule has 192 valence electrons. The van der Waals surface area contributed by atoms with Crippen LogP contribution >= 0.6 is 11.6 Å². The summed E-state index contributed by atoms with van der Waals surface area (Å²) in [6.45, 7) is 5.33. The molecular formula is C26H27ClN6O4. The predicted molar refractivity (Wildman–Crippen MR) is 136 cm³/mol. The lowest BCUT2D eigenvalue weighted by molar-refractivity contribution is -0.143. The zero-order chi connectivity index (χ0) is 26.6. The van der Waals surface area contributed by atoms with Gasteiger partial charge in [-0.2, -0.15) is 4.80 Å². The van der Waals surface area contributed by atoms with Crippen LogP contribution in [0.1, 0.15) is 38.1 Å². The number of phenols is 1. The van der Waals surface area contributed by atoms with Gasteiger partial charge >= 0.3 is 0 Å². The molecule has 1 atom stereocenters. The molecular weight excluding hydrogens is 496 g/mol. The number of benzene rings is 2. The first-order chi connectivity index (χ1) is 17.6. The molecule has 0 unspecified atom stereocenters. The SMILES string of the molecule is CC(C)(C)NC(=O)[C@H](c1ccc(O)cc1)N(Cc1ccco1)C(=O)Cn1nnc(-c2ccc(Cl)cc2)n1. The second kappa shape index (κ2) is 10.8. The molecule has 11 heteroatoms. The minimum atomic E-state index is -1.02. The lowest BCUT2D eigenvalue weighted by atomic mass is 10.0. The number of furan rings is 1. The predicted octanol–water partition coefficient (Wildman–Crippen LogP) is 3.98. The lowest BCUT2D eigenvalue weighted by Crippen LogP contribution is -2.49. The number of amides is 2. The highest BCUT2D eigenvalue weighted by Gasteiger charge is 2.34. The van der Waals surface area contributed by atoms with E-state index in [0.29, 0.717) is 27.7 Å². The number of carbonyl (C=O) groups is 2. The summed E-state index contributed by atoms with van der Waals surface area (Å²) in [5.41, 5.74) is 0.669. The van der Waals surface area contributed by atoms with Gasteiger partial charge in [-0.1, -0.05) is 23.7 Å². The Morgan fingerprint density at radius 1 is 1.11 bits per heavy atom. The van der Waals surface area contributed by atoms with E-state index in [-0.39, 0.29) is 24.7 Å². The average molecular weight is 523 g/mol. The van der Waals surface area contributed by atoms with Crippen molar-refractivity contribution in [3.05, 3.63) is 83.3 Å². The molecule has 0 radical (unpaired) electrons. The molecule has 2 aromatic heterocycles. The summed E-state index contributed by atoms with van der Waals surface area (Å²) in [5.74, 6) is 0.0611. The molecule has 10 nitrogen and oxygen atoms in total. The average Bonchev–Trinajstić information content (AvgIpc) is 3.51. The third-order valence-corrected chi connectivity index (χ3v) is 5.58. The van der Waals surface area contributed by atoms with Crippen LogP contribution in [0.2, 0.25) is 5.02 Å². The number of carbonyl (C=O) groups excluding carboxylic acids is 2. The van der Waals surface area contributed by atoms with Crippen LogP contribution in [-0.4, -0.2) is 47.6 Å². The summed E-state index contributed by atoms with van der Waals surface area (Å²) >= 11 is 5.95. The molecule has 0 saturated carbocycles. The van der Waals surface area contributed by atoms with Crippen LogP contribution in [0.4, 0.5) is 0 Å². The second-order valence-electron chi connectivity index (χ2n) is 9.48. The van der Waals surface area contributed by atoms with Crippen LogP contribution in [0.15, 0.2) is 71.3 Å². The van der Waals surface area contributed by atoms with E-state index in [2.05, 4.69) is 20.7 Å². The summed E-state index contributed by atoms with van der Waals surface area (Å²) in [7, 11) is 0. The number of hydrogen-bond acceptors (Lipinski definition) is 7. The summed E-state index contributed by atoms with van der Waals surface area (Å²) in [4.78, 5) is 29.8. The van der Waals surface area contributed by atoms with E-state index >= 15 is 0 Å². The minimum absolute atomic E-state index is 0.0215. The van der Waals surface area contributed by atoms with Crippen LogP contribution in [0, 0.1) is 0 Å². The van der Waals surface area contributed by atoms with Crippen molar-refractivity contribution in [2.45, 2.75) is 45.4 Å². The number of rotatable bonds is 8. The number of halogens is 1. The Labute approximate surface area is 218 Å². The standard InChI is InChI=1S/C26H27ClN6O4/c1-26(2,3)28-25(36)23(17-8-12-20(34)13-9-17)32(15-21-5-4-14-37-21)22(35)16-33-30-24(29-31-33)18-6-10-19(27)11-7-18/h4-14,23,34H,15-16H2,1-3H3,(H,28,36)/t23-/m0/s1. The Morgan fingerprint density at radius 3 is 2.43 bits per heavy atom. The number of nitrogens with one attached hydrogen (secondary N) is 1. The van der Waals surface area contributed by atoms with Crippen molar-refractivity contribution < 1.29 is 19.1 Å². The highest BCUT2D eigenvalue weighted by molar-refractivity contribution is 6.30. The van der Waals surface area contributed by atoms with Crippen molar-refractivity contribution >= 4 is 23.4 Å². The fourth-order valence-electron chi connectivity index (χ4n) is 3.70. The van der Waals surface area contributed by atoms with E-state index in [0.717, 1.165) is 0 Å². The van der Waals surface area contributed by atoms with Crippen LogP contribution in [-0.2, 0) is 22.7 Å². The maximum absolute atomic E-state index is 13.7. The molecule has 2 amide bonds. The van der Waals surface area contributed by atoms with Crippen molar-refractivity contribution in [3.8, 4) is 17.1 Å². The number of phenolic OH excluding ortho intramolecular Hbond substituents is 1. The molecule has 4 aromatic rings. The van der Waals surface area contributed by atoms with Gasteiger partial charge in [0.25, 0.3) is 0 Å². The van der Waals surface area contributed by atoms with Gasteiger partial charge in [0, 0.05) is 16.1 Å². The van der Waals surface area contributed by atoms with Crippen LogP contribution in [0.25, 0.3) is 11.4 Å². The molecule has 2 N–H and O–H groups in total. The van der Waals surface area contributed by atoms with Crippen molar-refractivity contribution in [1.82, 2.24) is 30.4 Å². The summed E-state index contributed by atoms with van der Waals surface area (Å²) in [6, 6.07) is 15.5. The molecule has 0 saturated heterocycles. The Morgan fingerprint density at radius 2 is 1.81 bits per heavy atom. The monoisotopic (exact) mass is 522 g/mol. The van der Waals surface area contributed by atoms with Gasteiger partial charge in [-0.05, 0) is 80.1 Å². The summed E-state index contributed by atoms with van der Waals surface area (Å²) in [5, 5.41) is 25.7. The van der Waals surface area contributed by atoms with Crippen molar-refractivity contribution in [2.24, 2.45) is 0 Å². The fourth-order valence-corrected chi connectivity index (χ4v) is 3.82. The molecule has 0 bridgehead atoms. The van der Waals surface area contributed by atoms with Gasteiger partial charge in [-0.25, -0.2) is 0 Å². The zero-order valence-electron chi connectivity index (χ0n) is 20.6. The van der Waals surface area contributed by atoms with Gasteiger partial charge in [-0.3, -0.25) is 9.59 Å². The zero-order valence-corrected chi connectivity index (χ0v) is 21.4. The van der Waals surface area contributed by atoms with Crippen molar-refractivity contribution in [3.63, 3.8) is 0 Å². The van der Waals surface area contributed by atoms with E-state index in [1.807, 2.05) is 20.8 Å². The molecule has 4 rings (SSSR count). The Balaban J connectivity index is 1.66. The Hall–Kier alpha value is -4.18. The number of tetrazole rings is 1. The summed E-state index contributed by atoms with van der Waals surface area (Å²) in [6.07, 6.45) is 1.50. The first-order valence-corrected chi connectivity index (χ1v) is 11.9. The second-order valence-corrected chi connectivity index (χ2v) is 9.92. The fraction of sp³-hybridized carbons (Fsp3) is 0.269. The Kier molecular flexibility index (Phi) is 7.58. The lowest BCUT2D eigenvalue weighted by Gasteiger charge is -2.33. The van der Waals surface area contributed by atoms with Crippen LogP contribution < -0.4 is 5.32 Å². The van der Waals surface area contributed by atoms with Crippen LogP contribution in [0.5, 0.6) is 5.75 Å². The van der Waals surface area contributed by atoms with Crippen molar-refractivity contribution in [1.29, 1.82) is 0 Å². The van der Waals surface area contributed by atoms with Gasteiger partial charge in [0.2, 0.25) is 17.6 Å². The molecule has 2 heterocycles. The molecule has 0 aliphatic carbocycles. The largest absolute Gasteiger partial charge is 0.508 e. The number of aromatic nitrogens is 4. The van der Waals surface area contributed by atoms with E-state index in [4.69, 9.17) is 16.0 Å². The van der Waals surface area contributed by atoms with E-state index in [1.165, 1.54) is 28.1 Å². The molecule has 37 heavy (non-hydrogen) atoms. The smallest absolute Gasteiger partial charge is 0.247 e. The quantitative estimate of drug-likeness (QED) is 0.358. The van der Waals surface area contributed by atoms with Gasteiger partial charge < -0.3 is 19.7 Å². The molecule has 0 spiro atoms. The van der Waals surface area contributed by atoms with Crippen molar-refractivity contribution in [2.75, 3.05) is 0 Å². The Bertz CT molecular complexity index is 1350. The highest BCUT2D eigenvalue weighted by Crippen LogP contribution is 2.27. The topological polar surface area (TPSA) is 126 Å². The molecule has 0 aliphatic heterocycles. The molecule has 0 aliphatic rings. The summed E-state index contributed by atoms with van der Waals surface area (Å²) < 4.78 is 5.49. The number of aromatic hydroxyl groups is 1. The first-order valence-electron chi connectivity index (χ1n) is 11.6. The maximum atomic E-state index is 13.7.